The minimum atomic E-state index is -0.204. The van der Waals surface area contributed by atoms with Crippen molar-refractivity contribution >= 4 is 34.6 Å². The van der Waals surface area contributed by atoms with Gasteiger partial charge in [-0.05, 0) is 42.5 Å². The molecule has 0 saturated carbocycles. The molecular formula is C15H16ClN3O. The number of nitrogen functional groups attached to an aromatic ring is 1. The third-order valence-electron chi connectivity index (χ3n) is 2.87. The van der Waals surface area contributed by atoms with Gasteiger partial charge in [-0.3, -0.25) is 4.79 Å². The largest absolute Gasteiger partial charge is 0.397 e. The first-order valence-electron chi connectivity index (χ1n) is 6.11. The number of amides is 1. The van der Waals surface area contributed by atoms with E-state index in [-0.39, 0.29) is 5.91 Å². The van der Waals surface area contributed by atoms with Crippen LogP contribution in [0.25, 0.3) is 0 Å². The number of hydrogen-bond donors (Lipinski definition) is 2. The molecule has 0 aliphatic rings. The smallest absolute Gasteiger partial charge is 0.255 e. The lowest BCUT2D eigenvalue weighted by Crippen LogP contribution is -2.14. The van der Waals surface area contributed by atoms with Crippen LogP contribution >= 0.6 is 11.6 Å². The summed E-state index contributed by atoms with van der Waals surface area (Å²) < 4.78 is 0. The van der Waals surface area contributed by atoms with Crippen molar-refractivity contribution < 1.29 is 4.79 Å². The van der Waals surface area contributed by atoms with E-state index in [4.69, 9.17) is 17.3 Å². The molecule has 2 aromatic rings. The summed E-state index contributed by atoms with van der Waals surface area (Å²) in [4.78, 5) is 14.0. The molecular weight excluding hydrogens is 274 g/mol. The zero-order valence-corrected chi connectivity index (χ0v) is 12.1. The second-order valence-corrected chi connectivity index (χ2v) is 5.07. The van der Waals surface area contributed by atoms with Gasteiger partial charge in [-0.2, -0.15) is 0 Å². The quantitative estimate of drug-likeness (QED) is 0.853. The summed E-state index contributed by atoms with van der Waals surface area (Å²) in [6.07, 6.45) is 0. The van der Waals surface area contributed by atoms with Crippen molar-refractivity contribution in [1.29, 1.82) is 0 Å². The number of hydrogen-bond acceptors (Lipinski definition) is 3. The molecule has 2 rings (SSSR count). The number of halogens is 1. The molecule has 4 nitrogen and oxygen atoms in total. The normalized spacial score (nSPS) is 10.2. The molecule has 0 spiro atoms. The van der Waals surface area contributed by atoms with Crippen LogP contribution in [0.15, 0.2) is 42.5 Å². The Labute approximate surface area is 123 Å². The lowest BCUT2D eigenvalue weighted by atomic mass is 10.1. The van der Waals surface area contributed by atoms with Crippen LogP contribution in [-0.2, 0) is 0 Å². The summed E-state index contributed by atoms with van der Waals surface area (Å²) in [6, 6.07) is 12.2. The zero-order valence-electron chi connectivity index (χ0n) is 11.4. The molecule has 0 bridgehead atoms. The molecule has 0 aliphatic carbocycles. The van der Waals surface area contributed by atoms with Crippen molar-refractivity contribution in [2.24, 2.45) is 0 Å². The van der Waals surface area contributed by atoms with Crippen LogP contribution in [0, 0.1) is 0 Å². The third-order valence-corrected chi connectivity index (χ3v) is 3.13. The first kappa shape index (κ1) is 14.2. The van der Waals surface area contributed by atoms with Crippen LogP contribution < -0.4 is 16.0 Å². The van der Waals surface area contributed by atoms with Crippen LogP contribution in [-0.4, -0.2) is 20.0 Å². The Morgan fingerprint density at radius 2 is 1.80 bits per heavy atom. The Morgan fingerprint density at radius 1 is 1.15 bits per heavy atom. The van der Waals surface area contributed by atoms with Gasteiger partial charge < -0.3 is 16.0 Å². The number of carbonyl (C=O) groups excluding carboxylic acids is 1. The summed E-state index contributed by atoms with van der Waals surface area (Å²) in [5.41, 5.74) is 8.59. The van der Waals surface area contributed by atoms with E-state index in [0.29, 0.717) is 22.0 Å². The topological polar surface area (TPSA) is 58.4 Å². The van der Waals surface area contributed by atoms with Gasteiger partial charge in [0.25, 0.3) is 5.91 Å². The van der Waals surface area contributed by atoms with Crippen LogP contribution in [0.2, 0.25) is 5.02 Å². The van der Waals surface area contributed by atoms with E-state index >= 15 is 0 Å². The Balaban J connectivity index is 2.17. The molecule has 0 fully saturated rings. The van der Waals surface area contributed by atoms with Crippen LogP contribution in [0.3, 0.4) is 0 Å². The molecule has 104 valence electrons. The highest BCUT2D eigenvalue weighted by atomic mass is 35.5. The average molecular weight is 290 g/mol. The SMILES string of the molecule is CN(C)c1ccc(C(=O)Nc2ccc(Cl)cc2)cc1N. The van der Waals surface area contributed by atoms with E-state index in [1.807, 2.05) is 25.1 Å². The van der Waals surface area contributed by atoms with Gasteiger partial charge in [-0.1, -0.05) is 11.6 Å². The van der Waals surface area contributed by atoms with Gasteiger partial charge >= 0.3 is 0 Å². The maximum atomic E-state index is 12.1. The molecule has 0 aromatic heterocycles. The predicted octanol–water partition coefficient (Wildman–Crippen LogP) is 3.24. The number of carbonyl (C=O) groups is 1. The van der Waals surface area contributed by atoms with Crippen molar-refractivity contribution in [1.82, 2.24) is 0 Å². The molecule has 1 amide bonds. The summed E-state index contributed by atoms with van der Waals surface area (Å²) in [7, 11) is 3.80. The van der Waals surface area contributed by atoms with Gasteiger partial charge in [-0.15, -0.1) is 0 Å². The van der Waals surface area contributed by atoms with Gasteiger partial charge in [-0.25, -0.2) is 0 Å². The summed E-state index contributed by atoms with van der Waals surface area (Å²) in [5, 5.41) is 3.42. The fourth-order valence-electron chi connectivity index (χ4n) is 1.84. The van der Waals surface area contributed by atoms with E-state index in [9.17, 15) is 4.79 Å². The number of anilines is 3. The highest BCUT2D eigenvalue weighted by Crippen LogP contribution is 2.23. The molecule has 20 heavy (non-hydrogen) atoms. The first-order chi connectivity index (χ1) is 9.47. The molecule has 0 heterocycles. The second-order valence-electron chi connectivity index (χ2n) is 4.63. The predicted molar refractivity (Wildman–Crippen MR) is 84.6 cm³/mol. The lowest BCUT2D eigenvalue weighted by molar-refractivity contribution is 0.102. The Kier molecular flexibility index (Phi) is 4.15. The Morgan fingerprint density at radius 3 is 2.35 bits per heavy atom. The summed E-state index contributed by atoms with van der Waals surface area (Å²) in [5.74, 6) is -0.204. The molecule has 5 heteroatoms. The Hall–Kier alpha value is -2.20. The molecule has 0 atom stereocenters. The minimum absolute atomic E-state index is 0.204. The summed E-state index contributed by atoms with van der Waals surface area (Å²) >= 11 is 5.80. The molecule has 0 aliphatic heterocycles. The van der Waals surface area contributed by atoms with Crippen LogP contribution in [0.1, 0.15) is 10.4 Å². The Bertz CT molecular complexity index is 624. The van der Waals surface area contributed by atoms with Crippen molar-refractivity contribution in [3.63, 3.8) is 0 Å². The molecule has 3 N–H and O–H groups in total. The fraction of sp³-hybridized carbons (Fsp3) is 0.133. The van der Waals surface area contributed by atoms with Crippen LogP contribution in [0.4, 0.5) is 17.1 Å². The third kappa shape index (κ3) is 3.22. The maximum Gasteiger partial charge on any atom is 0.255 e. The number of nitrogens with zero attached hydrogens (tertiary/aromatic N) is 1. The molecule has 2 aromatic carbocycles. The van der Waals surface area contributed by atoms with Gasteiger partial charge in [0.15, 0.2) is 0 Å². The minimum Gasteiger partial charge on any atom is -0.397 e. The molecule has 0 radical (unpaired) electrons. The van der Waals surface area contributed by atoms with Crippen molar-refractivity contribution in [2.45, 2.75) is 0 Å². The fourth-order valence-corrected chi connectivity index (χ4v) is 1.97. The maximum absolute atomic E-state index is 12.1. The van der Waals surface area contributed by atoms with E-state index in [1.54, 1.807) is 36.4 Å². The van der Waals surface area contributed by atoms with E-state index in [0.717, 1.165) is 5.69 Å². The monoisotopic (exact) mass is 289 g/mol. The number of nitrogens with one attached hydrogen (secondary N) is 1. The van der Waals surface area contributed by atoms with E-state index < -0.39 is 0 Å². The highest BCUT2D eigenvalue weighted by molar-refractivity contribution is 6.30. The summed E-state index contributed by atoms with van der Waals surface area (Å²) in [6.45, 7) is 0. The van der Waals surface area contributed by atoms with E-state index in [1.165, 1.54) is 0 Å². The van der Waals surface area contributed by atoms with Gasteiger partial charge in [0.05, 0.1) is 11.4 Å². The highest BCUT2D eigenvalue weighted by Gasteiger charge is 2.09. The van der Waals surface area contributed by atoms with Crippen molar-refractivity contribution in [3.05, 3.63) is 53.1 Å². The van der Waals surface area contributed by atoms with E-state index in [2.05, 4.69) is 5.32 Å². The van der Waals surface area contributed by atoms with Crippen molar-refractivity contribution in [3.8, 4) is 0 Å². The average Bonchev–Trinajstić information content (AvgIpc) is 2.40. The van der Waals surface area contributed by atoms with Crippen molar-refractivity contribution in [2.75, 3.05) is 30.0 Å². The number of rotatable bonds is 3. The van der Waals surface area contributed by atoms with Gasteiger partial charge in [0, 0.05) is 30.4 Å². The number of nitrogens with two attached hydrogens (primary N) is 1. The molecule has 0 unspecified atom stereocenters. The second kappa shape index (κ2) is 5.84. The first-order valence-corrected chi connectivity index (χ1v) is 6.49. The van der Waals surface area contributed by atoms with Crippen LogP contribution in [0.5, 0.6) is 0 Å². The lowest BCUT2D eigenvalue weighted by Gasteiger charge is -2.15. The number of benzene rings is 2. The van der Waals surface area contributed by atoms with Gasteiger partial charge in [0.1, 0.15) is 0 Å². The molecule has 0 saturated heterocycles. The van der Waals surface area contributed by atoms with Gasteiger partial charge in [0.2, 0.25) is 0 Å². The zero-order chi connectivity index (χ0) is 14.7. The standard InChI is InChI=1S/C15H16ClN3O/c1-19(2)14-8-3-10(9-13(14)17)15(20)18-12-6-4-11(16)5-7-12/h3-9H,17H2,1-2H3,(H,18,20).